The summed E-state index contributed by atoms with van der Waals surface area (Å²) < 4.78 is 48.5. The van der Waals surface area contributed by atoms with Crippen LogP contribution in [0, 0.1) is 5.82 Å². The van der Waals surface area contributed by atoms with Crippen molar-refractivity contribution in [3.63, 3.8) is 0 Å². The van der Waals surface area contributed by atoms with E-state index in [1.807, 2.05) is 18.0 Å². The van der Waals surface area contributed by atoms with Gasteiger partial charge in [-0.05, 0) is 45.2 Å². The third-order valence-electron chi connectivity index (χ3n) is 7.86. The number of anilines is 3. The highest BCUT2D eigenvalue weighted by atomic mass is 19.3. The summed E-state index contributed by atoms with van der Waals surface area (Å²) in [4.78, 5) is 38.1. The number of piperazine rings is 1. The van der Waals surface area contributed by atoms with Crippen molar-refractivity contribution in [1.29, 1.82) is 0 Å². The number of nitrogens with zero attached hydrogens (tertiary/aromatic N) is 4. The summed E-state index contributed by atoms with van der Waals surface area (Å²) in [6.45, 7) is 7.88. The van der Waals surface area contributed by atoms with Crippen molar-refractivity contribution < 1.29 is 22.7 Å². The Hall–Kier alpha value is -3.90. The largest absolute Gasteiger partial charge is 0.378 e. The van der Waals surface area contributed by atoms with Gasteiger partial charge in [-0.15, -0.1) is 0 Å². The Morgan fingerprint density at radius 3 is 2.44 bits per heavy atom. The summed E-state index contributed by atoms with van der Waals surface area (Å²) in [6, 6.07) is 7.45. The highest BCUT2D eigenvalue weighted by Crippen LogP contribution is 2.36. The summed E-state index contributed by atoms with van der Waals surface area (Å²) in [5.74, 6) is -0.595. The van der Waals surface area contributed by atoms with E-state index in [0.717, 1.165) is 12.0 Å². The van der Waals surface area contributed by atoms with Crippen molar-refractivity contribution in [2.45, 2.75) is 32.4 Å². The molecule has 2 aromatic heterocycles. The second-order valence-electron chi connectivity index (χ2n) is 10.5. The fourth-order valence-corrected chi connectivity index (χ4v) is 5.33. The van der Waals surface area contributed by atoms with E-state index >= 15 is 4.39 Å². The average molecular weight is 571 g/mol. The van der Waals surface area contributed by atoms with Crippen LogP contribution in [-0.4, -0.2) is 79.3 Å². The Morgan fingerprint density at radius 1 is 1.10 bits per heavy atom. The molecule has 1 amide bonds. The Bertz CT molecular complexity index is 1450. The third-order valence-corrected chi connectivity index (χ3v) is 7.86. The van der Waals surface area contributed by atoms with Crippen molar-refractivity contribution in [3.8, 4) is 11.1 Å². The number of hydrogen-bond donors (Lipinski definition) is 2. The molecule has 2 atom stereocenters. The van der Waals surface area contributed by atoms with Crippen LogP contribution in [-0.2, 0) is 4.74 Å². The lowest BCUT2D eigenvalue weighted by Crippen LogP contribution is -2.55. The predicted octanol–water partition coefficient (Wildman–Crippen LogP) is 4.13. The number of likely N-dealkylation sites (N-methyl/N-ethyl adjacent to an activating group) is 1. The number of pyridine rings is 2. The van der Waals surface area contributed by atoms with E-state index in [2.05, 4.69) is 38.9 Å². The van der Waals surface area contributed by atoms with Gasteiger partial charge in [0.05, 0.1) is 30.2 Å². The van der Waals surface area contributed by atoms with Crippen molar-refractivity contribution in [1.82, 2.24) is 14.9 Å². The Kier molecular flexibility index (Phi) is 8.32. The highest BCUT2D eigenvalue weighted by Gasteiger charge is 2.30. The topological polar surface area (TPSA) is 93.8 Å². The molecule has 218 valence electrons. The van der Waals surface area contributed by atoms with Gasteiger partial charge in [-0.3, -0.25) is 14.5 Å². The molecule has 1 aromatic carbocycles. The zero-order chi connectivity index (χ0) is 29.3. The molecule has 2 aliphatic heterocycles. The minimum Gasteiger partial charge on any atom is -0.378 e. The molecule has 0 saturated carbocycles. The number of carbonyl (C=O) groups excluding carboxylic acids is 1. The van der Waals surface area contributed by atoms with Crippen molar-refractivity contribution >= 4 is 23.1 Å². The van der Waals surface area contributed by atoms with E-state index < -0.39 is 29.3 Å². The van der Waals surface area contributed by atoms with E-state index in [1.54, 1.807) is 12.3 Å². The molecule has 2 fully saturated rings. The number of aromatic amines is 1. The lowest BCUT2D eigenvalue weighted by Gasteiger charge is -2.44. The number of amides is 1. The molecule has 2 N–H and O–H groups in total. The molecule has 0 aliphatic carbocycles. The van der Waals surface area contributed by atoms with Crippen LogP contribution in [0.15, 0.2) is 47.5 Å². The van der Waals surface area contributed by atoms with Crippen LogP contribution in [0.2, 0.25) is 0 Å². The minimum atomic E-state index is -3.03. The molecule has 4 heterocycles. The summed E-state index contributed by atoms with van der Waals surface area (Å²) in [5.41, 5.74) is -0.385. The van der Waals surface area contributed by atoms with Crippen LogP contribution in [0.5, 0.6) is 0 Å². The molecule has 9 nitrogen and oxygen atoms in total. The number of alkyl halides is 2. The van der Waals surface area contributed by atoms with Crippen molar-refractivity contribution in [3.05, 3.63) is 70.0 Å². The molecule has 0 spiro atoms. The standard InChI is InChI=1S/C29H33F3N6O3/c1-17-15-38(16-18(2)36(17)3)25-12-23(30)20(19-4-5-26(33-13-19)37-6-8-41-9-7-37)10-24(25)35-29(40)22-14-34-27(39)11-21(22)28(31)32/h4-5,10-14,17-18,28H,6-9,15-16H2,1-3H3,(H,34,39)(H,35,40). The van der Waals surface area contributed by atoms with Gasteiger partial charge in [0.15, 0.2) is 0 Å². The van der Waals surface area contributed by atoms with E-state index in [0.29, 0.717) is 56.7 Å². The Balaban J connectivity index is 1.53. The molecule has 12 heteroatoms. The maximum absolute atomic E-state index is 15.7. The van der Waals surface area contributed by atoms with Crippen LogP contribution < -0.4 is 20.7 Å². The SMILES string of the molecule is CC1CN(c2cc(F)c(-c3ccc(N4CCOCC4)nc3)cc2NC(=O)c2c[nH]c(=O)cc2C(F)F)CC(C)N1C. The predicted molar refractivity (Wildman–Crippen MR) is 152 cm³/mol. The number of nitrogens with one attached hydrogen (secondary N) is 2. The first-order valence-electron chi connectivity index (χ1n) is 13.5. The molecule has 0 radical (unpaired) electrons. The number of ether oxygens (including phenoxy) is 1. The third kappa shape index (κ3) is 6.08. The molecule has 5 rings (SSSR count). The molecule has 2 aliphatic rings. The van der Waals surface area contributed by atoms with Crippen molar-refractivity contribution in [2.24, 2.45) is 0 Å². The molecule has 2 saturated heterocycles. The van der Waals surface area contributed by atoms with Gasteiger partial charge in [0.25, 0.3) is 12.3 Å². The first kappa shape index (κ1) is 28.6. The van der Waals surface area contributed by atoms with Crippen LogP contribution in [0.4, 0.5) is 30.4 Å². The molecule has 0 bridgehead atoms. The number of carbonyl (C=O) groups is 1. The second kappa shape index (κ2) is 11.9. The zero-order valence-corrected chi connectivity index (χ0v) is 23.2. The number of aromatic nitrogens is 2. The van der Waals surface area contributed by atoms with Gasteiger partial charge >= 0.3 is 0 Å². The van der Waals surface area contributed by atoms with E-state index in [1.165, 1.54) is 12.1 Å². The van der Waals surface area contributed by atoms with E-state index in [4.69, 9.17) is 4.74 Å². The smallest absolute Gasteiger partial charge is 0.264 e. The number of rotatable bonds is 6. The monoisotopic (exact) mass is 570 g/mol. The molecular formula is C29H33F3N6O3. The number of morpholine rings is 1. The summed E-state index contributed by atoms with van der Waals surface area (Å²) in [7, 11) is 2.02. The highest BCUT2D eigenvalue weighted by molar-refractivity contribution is 6.07. The second-order valence-corrected chi connectivity index (χ2v) is 10.5. The average Bonchev–Trinajstić information content (AvgIpc) is 2.96. The van der Waals surface area contributed by atoms with Gasteiger partial charge in [-0.2, -0.15) is 0 Å². The number of H-pyrrole nitrogens is 1. The maximum atomic E-state index is 15.7. The van der Waals surface area contributed by atoms with Crippen LogP contribution in [0.3, 0.4) is 0 Å². The molecule has 2 unspecified atom stereocenters. The fourth-order valence-electron chi connectivity index (χ4n) is 5.33. The van der Waals surface area contributed by atoms with Crippen molar-refractivity contribution in [2.75, 3.05) is 61.6 Å². The van der Waals surface area contributed by atoms with Crippen LogP contribution in [0.1, 0.15) is 36.2 Å². The lowest BCUT2D eigenvalue weighted by molar-refractivity contribution is 0.101. The molecule has 41 heavy (non-hydrogen) atoms. The van der Waals surface area contributed by atoms with Gasteiger partial charge in [-0.25, -0.2) is 18.2 Å². The van der Waals surface area contributed by atoms with Crippen LogP contribution in [0.25, 0.3) is 11.1 Å². The van der Waals surface area contributed by atoms with Gasteiger partial charge in [0, 0.05) is 73.4 Å². The normalized spacial score (nSPS) is 20.0. The van der Waals surface area contributed by atoms with Gasteiger partial charge in [-0.1, -0.05) is 0 Å². The van der Waals surface area contributed by atoms with Gasteiger partial charge < -0.3 is 24.8 Å². The number of halogens is 3. The van der Waals surface area contributed by atoms with E-state index in [9.17, 15) is 18.4 Å². The molecule has 3 aromatic rings. The Labute approximate surface area is 235 Å². The van der Waals surface area contributed by atoms with E-state index in [-0.39, 0.29) is 28.9 Å². The summed E-state index contributed by atoms with van der Waals surface area (Å²) in [5, 5.41) is 2.72. The molecular weight excluding hydrogens is 537 g/mol. The number of hydrogen-bond acceptors (Lipinski definition) is 7. The lowest BCUT2D eigenvalue weighted by atomic mass is 10.0. The van der Waals surface area contributed by atoms with Gasteiger partial charge in [0.2, 0.25) is 5.56 Å². The first-order chi connectivity index (χ1) is 19.6. The zero-order valence-electron chi connectivity index (χ0n) is 23.2. The quantitative estimate of drug-likeness (QED) is 0.460. The maximum Gasteiger partial charge on any atom is 0.264 e. The first-order valence-corrected chi connectivity index (χ1v) is 13.5. The summed E-state index contributed by atoms with van der Waals surface area (Å²) in [6.07, 6.45) is -0.486. The number of benzene rings is 1. The van der Waals surface area contributed by atoms with Gasteiger partial charge in [0.1, 0.15) is 11.6 Å². The Morgan fingerprint density at radius 2 is 1.80 bits per heavy atom. The van der Waals surface area contributed by atoms with Crippen LogP contribution >= 0.6 is 0 Å². The fraction of sp³-hybridized carbons (Fsp3) is 0.414. The summed E-state index contributed by atoms with van der Waals surface area (Å²) >= 11 is 0. The minimum absolute atomic E-state index is 0.145.